The normalized spacial score (nSPS) is 13.8. The highest BCUT2D eigenvalue weighted by Crippen LogP contribution is 2.12. The third-order valence-electron chi connectivity index (χ3n) is 4.62. The van der Waals surface area contributed by atoms with E-state index in [0.717, 1.165) is 12.8 Å². The van der Waals surface area contributed by atoms with Crippen molar-refractivity contribution in [3.05, 3.63) is 12.2 Å². The molecule has 0 radical (unpaired) electrons. The molecule has 0 spiro atoms. The molecule has 0 aromatic heterocycles. The number of aliphatic hydroxyl groups excluding tert-OH is 2. The number of carbonyl (C=O) groups is 1. The Balaban J connectivity index is 3.53. The lowest BCUT2D eigenvalue weighted by Crippen LogP contribution is -2.46. The molecule has 0 aromatic carbocycles. The van der Waals surface area contributed by atoms with E-state index in [0.29, 0.717) is 0 Å². The van der Waals surface area contributed by atoms with Crippen LogP contribution in [0, 0.1) is 0 Å². The lowest BCUT2D eigenvalue weighted by Gasteiger charge is -2.19. The number of nitrogens with one attached hydrogen (secondary N) is 2. The van der Waals surface area contributed by atoms with Crippen molar-refractivity contribution in [3.8, 4) is 0 Å². The van der Waals surface area contributed by atoms with E-state index < -0.39 is 12.1 Å². The Kier molecular flexibility index (Phi) is 18.2. The molecule has 4 N–H and O–H groups in total. The first-order chi connectivity index (χ1) is 12.6. The first-order valence-corrected chi connectivity index (χ1v) is 10.5. The number of hydrogen-bond donors (Lipinski definition) is 4. The molecule has 0 heterocycles. The fraction of sp³-hybridized carbons (Fsp3) is 0.857. The summed E-state index contributed by atoms with van der Waals surface area (Å²) in [5.41, 5.74) is 0. The lowest BCUT2D eigenvalue weighted by atomic mass is 10.0. The maximum absolute atomic E-state index is 10.8. The molecule has 2 unspecified atom stereocenters. The van der Waals surface area contributed by atoms with E-state index in [1.54, 1.807) is 6.08 Å². The predicted octanol–water partition coefficient (Wildman–Crippen LogP) is 3.65. The van der Waals surface area contributed by atoms with Gasteiger partial charge in [-0.25, -0.2) is 0 Å². The first kappa shape index (κ1) is 25.1. The van der Waals surface area contributed by atoms with Gasteiger partial charge < -0.3 is 15.5 Å². The van der Waals surface area contributed by atoms with Gasteiger partial charge in [0.15, 0.2) is 0 Å². The monoisotopic (exact) mass is 370 g/mol. The van der Waals surface area contributed by atoms with E-state index >= 15 is 0 Å². The fourth-order valence-corrected chi connectivity index (χ4v) is 2.90. The molecule has 2 atom stereocenters. The van der Waals surface area contributed by atoms with Gasteiger partial charge in [0.25, 0.3) is 0 Å². The van der Waals surface area contributed by atoms with Gasteiger partial charge in [0.1, 0.15) is 0 Å². The van der Waals surface area contributed by atoms with Crippen LogP contribution in [0.3, 0.4) is 0 Å². The summed E-state index contributed by atoms with van der Waals surface area (Å²) in [5.74, 6) is -0.143. The molecule has 0 aliphatic rings. The summed E-state index contributed by atoms with van der Waals surface area (Å²) in [5, 5.41) is 24.8. The largest absolute Gasteiger partial charge is 0.395 e. The Morgan fingerprint density at radius 2 is 1.50 bits per heavy atom. The molecule has 0 aliphatic carbocycles. The average Bonchev–Trinajstić information content (AvgIpc) is 2.62. The van der Waals surface area contributed by atoms with Crippen LogP contribution in [0.25, 0.3) is 0 Å². The van der Waals surface area contributed by atoms with Crippen LogP contribution in [0.2, 0.25) is 0 Å². The molecule has 0 fully saturated rings. The Morgan fingerprint density at radius 3 is 2.00 bits per heavy atom. The molecule has 0 bridgehead atoms. The van der Waals surface area contributed by atoms with Gasteiger partial charge in [-0.3, -0.25) is 10.1 Å². The van der Waals surface area contributed by atoms with E-state index in [9.17, 15) is 15.0 Å². The van der Waals surface area contributed by atoms with Gasteiger partial charge in [0.05, 0.1) is 25.4 Å². The number of amides is 1. The SMILES string of the molecule is CCCCCCCCCCCCCC=CC(O)C(CO)NCNC(C)=O. The summed E-state index contributed by atoms with van der Waals surface area (Å²) in [7, 11) is 0. The van der Waals surface area contributed by atoms with Crippen molar-refractivity contribution in [2.75, 3.05) is 13.3 Å². The topological polar surface area (TPSA) is 81.6 Å². The molecule has 0 saturated carbocycles. The molecule has 5 nitrogen and oxygen atoms in total. The van der Waals surface area contributed by atoms with Crippen molar-refractivity contribution in [1.82, 2.24) is 10.6 Å². The highest BCUT2D eigenvalue weighted by Gasteiger charge is 2.14. The Bertz CT molecular complexity index is 348. The Morgan fingerprint density at radius 1 is 0.962 bits per heavy atom. The van der Waals surface area contributed by atoms with E-state index in [4.69, 9.17) is 0 Å². The summed E-state index contributed by atoms with van der Waals surface area (Å²) in [6, 6.07) is -0.463. The highest BCUT2D eigenvalue weighted by molar-refractivity contribution is 5.72. The number of rotatable bonds is 18. The highest BCUT2D eigenvalue weighted by atomic mass is 16.3. The minimum Gasteiger partial charge on any atom is -0.395 e. The first-order valence-electron chi connectivity index (χ1n) is 10.5. The average molecular weight is 371 g/mol. The van der Waals surface area contributed by atoms with Crippen LogP contribution in [0.15, 0.2) is 12.2 Å². The molecule has 0 saturated heterocycles. The molecular weight excluding hydrogens is 328 g/mol. The molecule has 0 rings (SSSR count). The number of carbonyl (C=O) groups excluding carboxylic acids is 1. The van der Waals surface area contributed by atoms with Gasteiger partial charge in [-0.15, -0.1) is 0 Å². The van der Waals surface area contributed by atoms with Gasteiger partial charge in [0.2, 0.25) is 5.91 Å². The van der Waals surface area contributed by atoms with Crippen LogP contribution in [0.1, 0.15) is 90.9 Å². The summed E-state index contributed by atoms with van der Waals surface area (Å²) < 4.78 is 0. The van der Waals surface area contributed by atoms with Crippen LogP contribution in [0.4, 0.5) is 0 Å². The fourth-order valence-electron chi connectivity index (χ4n) is 2.90. The van der Waals surface area contributed by atoms with E-state index in [2.05, 4.69) is 17.6 Å². The van der Waals surface area contributed by atoms with E-state index in [-0.39, 0.29) is 19.2 Å². The van der Waals surface area contributed by atoms with Gasteiger partial charge in [-0.2, -0.15) is 0 Å². The summed E-state index contributed by atoms with van der Waals surface area (Å²) in [6.07, 6.45) is 18.6. The minimum atomic E-state index is -0.749. The van der Waals surface area contributed by atoms with Gasteiger partial charge in [-0.05, 0) is 12.8 Å². The maximum Gasteiger partial charge on any atom is 0.217 e. The molecular formula is C21H42N2O3. The number of allylic oxidation sites excluding steroid dienone is 1. The van der Waals surface area contributed by atoms with Crippen LogP contribution < -0.4 is 10.6 Å². The zero-order chi connectivity index (χ0) is 19.5. The van der Waals surface area contributed by atoms with Crippen molar-refractivity contribution >= 4 is 5.91 Å². The maximum atomic E-state index is 10.8. The second kappa shape index (κ2) is 18.9. The third kappa shape index (κ3) is 16.6. The zero-order valence-electron chi connectivity index (χ0n) is 17.0. The van der Waals surface area contributed by atoms with Crippen molar-refractivity contribution < 1.29 is 15.0 Å². The van der Waals surface area contributed by atoms with Crippen molar-refractivity contribution in [3.63, 3.8) is 0 Å². The Hall–Kier alpha value is -0.910. The van der Waals surface area contributed by atoms with Gasteiger partial charge in [-0.1, -0.05) is 83.3 Å². The summed E-state index contributed by atoms with van der Waals surface area (Å²) in [4.78, 5) is 10.8. The smallest absolute Gasteiger partial charge is 0.217 e. The van der Waals surface area contributed by atoms with Gasteiger partial charge >= 0.3 is 0 Å². The van der Waals surface area contributed by atoms with Crippen molar-refractivity contribution in [2.24, 2.45) is 0 Å². The predicted molar refractivity (Wildman–Crippen MR) is 109 cm³/mol. The molecule has 26 heavy (non-hydrogen) atoms. The van der Waals surface area contributed by atoms with Gasteiger partial charge in [0, 0.05) is 6.92 Å². The quantitative estimate of drug-likeness (QED) is 0.169. The second-order valence-electron chi connectivity index (χ2n) is 7.15. The van der Waals surface area contributed by atoms with Crippen LogP contribution >= 0.6 is 0 Å². The third-order valence-corrected chi connectivity index (χ3v) is 4.62. The molecule has 0 aromatic rings. The lowest BCUT2D eigenvalue weighted by molar-refractivity contribution is -0.119. The van der Waals surface area contributed by atoms with Crippen LogP contribution in [-0.2, 0) is 4.79 Å². The summed E-state index contributed by atoms with van der Waals surface area (Å²) in [6.45, 7) is 3.75. The van der Waals surface area contributed by atoms with Crippen molar-refractivity contribution in [1.29, 1.82) is 0 Å². The molecule has 5 heteroatoms. The van der Waals surface area contributed by atoms with Crippen molar-refractivity contribution in [2.45, 2.75) is 103 Å². The minimum absolute atomic E-state index is 0.143. The molecule has 1 amide bonds. The van der Waals surface area contributed by atoms with E-state index in [1.807, 2.05) is 6.08 Å². The number of aliphatic hydroxyl groups is 2. The molecule has 0 aliphatic heterocycles. The van der Waals surface area contributed by atoms with Crippen LogP contribution in [-0.4, -0.2) is 41.5 Å². The van der Waals surface area contributed by atoms with Crippen LogP contribution in [0.5, 0.6) is 0 Å². The molecule has 154 valence electrons. The standard InChI is InChI=1S/C21H42N2O3/c1-3-4-5-6-7-8-9-10-11-12-13-14-15-16-21(26)20(17-24)23-18-22-19(2)25/h15-16,20-21,23-24,26H,3-14,17-18H2,1-2H3,(H,22,25). The summed E-state index contributed by atoms with van der Waals surface area (Å²) >= 11 is 0. The number of hydrogen-bond acceptors (Lipinski definition) is 4. The number of unbranched alkanes of at least 4 members (excludes halogenated alkanes) is 11. The Labute approximate surface area is 160 Å². The second-order valence-corrected chi connectivity index (χ2v) is 7.15. The zero-order valence-corrected chi connectivity index (χ0v) is 17.0. The van der Waals surface area contributed by atoms with E-state index in [1.165, 1.54) is 71.1 Å².